The maximum Gasteiger partial charge on any atom is 0.113 e. The Bertz CT molecular complexity index is 444. The van der Waals surface area contributed by atoms with Crippen LogP contribution >= 0.6 is 11.8 Å². The third-order valence-corrected chi connectivity index (χ3v) is 3.75. The predicted octanol–water partition coefficient (Wildman–Crippen LogP) is 2.84. The van der Waals surface area contributed by atoms with E-state index in [2.05, 4.69) is 5.32 Å². The molecule has 0 aliphatic carbocycles. The number of benzene rings is 1. The summed E-state index contributed by atoms with van der Waals surface area (Å²) in [6.45, 7) is 1.47. The van der Waals surface area contributed by atoms with Gasteiger partial charge >= 0.3 is 0 Å². The maximum absolute atomic E-state index is 9.94. The average molecular weight is 277 g/mol. The topological polar surface area (TPSA) is 45.4 Å². The zero-order valence-corrected chi connectivity index (χ0v) is 11.6. The fourth-order valence-electron chi connectivity index (χ4n) is 1.74. The van der Waals surface area contributed by atoms with E-state index in [4.69, 9.17) is 4.42 Å². The Kier molecular flexibility index (Phi) is 6.01. The first-order chi connectivity index (χ1) is 9.36. The molecule has 1 atom stereocenters. The fourth-order valence-corrected chi connectivity index (χ4v) is 2.54. The molecule has 1 aromatic carbocycles. The van der Waals surface area contributed by atoms with Crippen LogP contribution in [-0.2, 0) is 5.75 Å². The van der Waals surface area contributed by atoms with Crippen molar-refractivity contribution in [3.63, 3.8) is 0 Å². The van der Waals surface area contributed by atoms with Gasteiger partial charge in [0.05, 0.1) is 18.1 Å². The summed E-state index contributed by atoms with van der Waals surface area (Å²) in [7, 11) is 0. The summed E-state index contributed by atoms with van der Waals surface area (Å²) in [6.07, 6.45) is 1.26. The van der Waals surface area contributed by atoms with Gasteiger partial charge in [0.15, 0.2) is 0 Å². The van der Waals surface area contributed by atoms with Gasteiger partial charge in [-0.3, -0.25) is 0 Å². The normalized spacial score (nSPS) is 12.5. The molecule has 1 aromatic heterocycles. The summed E-state index contributed by atoms with van der Waals surface area (Å²) in [5.74, 6) is 2.91. The Hall–Kier alpha value is -1.23. The molecule has 2 aromatic rings. The van der Waals surface area contributed by atoms with Crippen LogP contribution in [0.25, 0.3) is 0 Å². The summed E-state index contributed by atoms with van der Waals surface area (Å²) in [4.78, 5) is 0. The van der Waals surface area contributed by atoms with Crippen LogP contribution in [0.4, 0.5) is 0 Å². The number of thioether (sulfide) groups is 1. The largest absolute Gasteiger partial charge is 0.468 e. The molecule has 3 nitrogen and oxygen atoms in total. The lowest BCUT2D eigenvalue weighted by Gasteiger charge is -2.11. The van der Waals surface area contributed by atoms with Crippen LogP contribution in [0, 0.1) is 0 Å². The minimum absolute atomic E-state index is 0.434. The van der Waals surface area contributed by atoms with Crippen LogP contribution in [0.2, 0.25) is 0 Å². The van der Waals surface area contributed by atoms with Gasteiger partial charge in [0, 0.05) is 18.8 Å². The van der Waals surface area contributed by atoms with Gasteiger partial charge in [0.2, 0.25) is 0 Å². The van der Waals surface area contributed by atoms with Crippen LogP contribution in [0.15, 0.2) is 53.1 Å². The molecule has 0 spiro atoms. The van der Waals surface area contributed by atoms with Crippen molar-refractivity contribution in [2.24, 2.45) is 0 Å². The smallest absolute Gasteiger partial charge is 0.113 e. The Morgan fingerprint density at radius 3 is 2.74 bits per heavy atom. The SMILES string of the molecule is O[C@H](CNCCSCc1ccco1)c1ccccc1. The second kappa shape index (κ2) is 8.04. The molecular formula is C15H19NO2S. The molecule has 19 heavy (non-hydrogen) atoms. The number of aliphatic hydroxyl groups excluding tert-OH is 1. The van der Waals surface area contributed by atoms with Crippen molar-refractivity contribution in [1.82, 2.24) is 5.32 Å². The van der Waals surface area contributed by atoms with Crippen molar-refractivity contribution in [2.75, 3.05) is 18.8 Å². The number of nitrogens with one attached hydrogen (secondary N) is 1. The first-order valence-electron chi connectivity index (χ1n) is 6.40. The van der Waals surface area contributed by atoms with E-state index in [-0.39, 0.29) is 0 Å². The van der Waals surface area contributed by atoms with Gasteiger partial charge in [0.1, 0.15) is 5.76 Å². The van der Waals surface area contributed by atoms with E-state index in [0.29, 0.717) is 6.54 Å². The summed E-state index contributed by atoms with van der Waals surface area (Å²) < 4.78 is 5.25. The number of hydrogen-bond donors (Lipinski definition) is 2. The van der Waals surface area contributed by atoms with E-state index < -0.39 is 6.10 Å². The van der Waals surface area contributed by atoms with Crippen LogP contribution < -0.4 is 5.32 Å². The van der Waals surface area contributed by atoms with Gasteiger partial charge in [-0.25, -0.2) is 0 Å². The number of furan rings is 1. The Balaban J connectivity index is 1.54. The Morgan fingerprint density at radius 2 is 2.00 bits per heavy atom. The summed E-state index contributed by atoms with van der Waals surface area (Å²) in [6, 6.07) is 13.6. The first kappa shape index (κ1) is 14.2. The van der Waals surface area contributed by atoms with E-state index in [1.807, 2.05) is 54.2 Å². The molecule has 1 heterocycles. The molecule has 102 valence electrons. The summed E-state index contributed by atoms with van der Waals surface area (Å²) in [5, 5.41) is 13.2. The van der Waals surface area contributed by atoms with Crippen LogP contribution in [0.1, 0.15) is 17.4 Å². The standard InChI is InChI=1S/C15H19NO2S/c17-15(13-5-2-1-3-6-13)11-16-8-10-19-12-14-7-4-9-18-14/h1-7,9,15-17H,8,10-12H2/t15-/m1/s1. The van der Waals surface area contributed by atoms with E-state index in [9.17, 15) is 5.11 Å². The van der Waals surface area contributed by atoms with Crippen LogP contribution in [0.3, 0.4) is 0 Å². The maximum atomic E-state index is 9.94. The van der Waals surface area contributed by atoms with Gasteiger partial charge in [-0.05, 0) is 17.7 Å². The number of aliphatic hydroxyl groups is 1. The van der Waals surface area contributed by atoms with Crippen molar-refractivity contribution in [1.29, 1.82) is 0 Å². The molecule has 4 heteroatoms. The zero-order valence-electron chi connectivity index (χ0n) is 10.8. The average Bonchev–Trinajstić information content (AvgIpc) is 2.96. The molecule has 0 saturated heterocycles. The van der Waals surface area contributed by atoms with E-state index in [1.54, 1.807) is 6.26 Å². The monoisotopic (exact) mass is 277 g/mol. The second-order valence-electron chi connectivity index (χ2n) is 4.26. The molecule has 2 N–H and O–H groups in total. The van der Waals surface area contributed by atoms with E-state index in [0.717, 1.165) is 29.4 Å². The lowest BCUT2D eigenvalue weighted by atomic mass is 10.1. The lowest BCUT2D eigenvalue weighted by molar-refractivity contribution is 0.176. The molecule has 0 aliphatic heterocycles. The highest BCUT2D eigenvalue weighted by molar-refractivity contribution is 7.98. The van der Waals surface area contributed by atoms with Crippen molar-refractivity contribution >= 4 is 11.8 Å². The van der Waals surface area contributed by atoms with Gasteiger partial charge in [-0.1, -0.05) is 30.3 Å². The number of hydrogen-bond acceptors (Lipinski definition) is 4. The lowest BCUT2D eigenvalue weighted by Crippen LogP contribution is -2.23. The van der Waals surface area contributed by atoms with Gasteiger partial charge in [-0.2, -0.15) is 11.8 Å². The minimum atomic E-state index is -0.434. The van der Waals surface area contributed by atoms with Gasteiger partial charge in [0.25, 0.3) is 0 Å². The van der Waals surface area contributed by atoms with E-state index in [1.165, 1.54) is 0 Å². The Labute approximate surface area is 118 Å². The number of rotatable bonds is 8. The molecule has 0 unspecified atom stereocenters. The third-order valence-electron chi connectivity index (χ3n) is 2.77. The highest BCUT2D eigenvalue weighted by Gasteiger charge is 2.05. The van der Waals surface area contributed by atoms with Crippen molar-refractivity contribution in [3.8, 4) is 0 Å². The molecule has 0 bridgehead atoms. The first-order valence-corrected chi connectivity index (χ1v) is 7.55. The zero-order chi connectivity index (χ0) is 13.3. The summed E-state index contributed by atoms with van der Waals surface area (Å²) >= 11 is 1.82. The van der Waals surface area contributed by atoms with Crippen LogP contribution in [0.5, 0.6) is 0 Å². The predicted molar refractivity (Wildman–Crippen MR) is 79.1 cm³/mol. The van der Waals surface area contributed by atoms with Gasteiger partial charge < -0.3 is 14.8 Å². The quantitative estimate of drug-likeness (QED) is 0.728. The summed E-state index contributed by atoms with van der Waals surface area (Å²) in [5.41, 5.74) is 0.957. The molecule has 0 radical (unpaired) electrons. The van der Waals surface area contributed by atoms with Crippen molar-refractivity contribution in [2.45, 2.75) is 11.9 Å². The van der Waals surface area contributed by atoms with E-state index >= 15 is 0 Å². The van der Waals surface area contributed by atoms with Crippen molar-refractivity contribution in [3.05, 3.63) is 60.1 Å². The second-order valence-corrected chi connectivity index (χ2v) is 5.37. The van der Waals surface area contributed by atoms with Gasteiger partial charge in [-0.15, -0.1) is 0 Å². The van der Waals surface area contributed by atoms with Crippen LogP contribution in [-0.4, -0.2) is 23.9 Å². The minimum Gasteiger partial charge on any atom is -0.468 e. The fraction of sp³-hybridized carbons (Fsp3) is 0.333. The molecule has 0 fully saturated rings. The Morgan fingerprint density at radius 1 is 1.16 bits per heavy atom. The molecule has 2 rings (SSSR count). The third kappa shape index (κ3) is 5.11. The molecular weight excluding hydrogens is 258 g/mol. The highest BCUT2D eigenvalue weighted by Crippen LogP contribution is 2.12. The highest BCUT2D eigenvalue weighted by atomic mass is 32.2. The van der Waals surface area contributed by atoms with Crippen molar-refractivity contribution < 1.29 is 9.52 Å². The molecule has 0 aliphatic rings. The molecule has 0 amide bonds. The molecule has 0 saturated carbocycles.